The number of benzene rings is 2. The Kier molecular flexibility index (Phi) is 7.23. The number of carbonyl (C=O) groups excluding carboxylic acids is 2. The van der Waals surface area contributed by atoms with Crippen LogP contribution in [0.3, 0.4) is 0 Å². The first kappa shape index (κ1) is 22.7. The van der Waals surface area contributed by atoms with Gasteiger partial charge in [-0.3, -0.25) is 9.59 Å². The average Bonchev–Trinajstić information content (AvgIpc) is 2.62. The summed E-state index contributed by atoms with van der Waals surface area (Å²) in [7, 11) is 0. The van der Waals surface area contributed by atoms with E-state index in [9.17, 15) is 9.59 Å². The van der Waals surface area contributed by atoms with Crippen molar-refractivity contribution >= 4 is 11.8 Å². The minimum atomic E-state index is -0.562. The zero-order chi connectivity index (χ0) is 21.8. The third kappa shape index (κ3) is 6.74. The number of aryl methyl sites for hydroxylation is 3. The van der Waals surface area contributed by atoms with Crippen molar-refractivity contribution in [3.05, 3.63) is 70.3 Å². The second-order valence-corrected chi connectivity index (χ2v) is 9.03. The Balaban J connectivity index is 2.29. The van der Waals surface area contributed by atoms with Gasteiger partial charge in [-0.15, -0.1) is 0 Å². The molecule has 2 amide bonds. The molecule has 0 bridgehead atoms. The summed E-state index contributed by atoms with van der Waals surface area (Å²) >= 11 is 0. The normalized spacial score (nSPS) is 12.4. The summed E-state index contributed by atoms with van der Waals surface area (Å²) in [5.41, 5.74) is 5.05. The topological polar surface area (TPSA) is 49.4 Å². The molecule has 4 heteroatoms. The summed E-state index contributed by atoms with van der Waals surface area (Å²) in [6.45, 7) is 14.1. The molecule has 0 unspecified atom stereocenters. The van der Waals surface area contributed by atoms with Crippen LogP contribution in [0.15, 0.2) is 42.5 Å². The highest BCUT2D eigenvalue weighted by molar-refractivity contribution is 5.88. The largest absolute Gasteiger partial charge is 0.350 e. The van der Waals surface area contributed by atoms with Gasteiger partial charge < -0.3 is 10.2 Å². The first-order valence-electron chi connectivity index (χ1n) is 10.2. The van der Waals surface area contributed by atoms with Gasteiger partial charge in [-0.25, -0.2) is 0 Å². The Hall–Kier alpha value is -2.62. The molecule has 1 atom stereocenters. The van der Waals surface area contributed by atoms with Crippen LogP contribution in [-0.4, -0.2) is 28.3 Å². The first-order chi connectivity index (χ1) is 13.5. The summed E-state index contributed by atoms with van der Waals surface area (Å²) in [5, 5.41) is 3.00. The van der Waals surface area contributed by atoms with E-state index >= 15 is 0 Å². The van der Waals surface area contributed by atoms with E-state index in [1.165, 1.54) is 5.56 Å². The molecule has 2 rings (SSSR count). The maximum Gasteiger partial charge on any atom is 0.242 e. The molecule has 0 aliphatic carbocycles. The molecule has 0 aromatic heterocycles. The lowest BCUT2D eigenvalue weighted by molar-refractivity contribution is -0.140. The smallest absolute Gasteiger partial charge is 0.242 e. The molecule has 29 heavy (non-hydrogen) atoms. The number of rotatable bonds is 6. The van der Waals surface area contributed by atoms with Crippen LogP contribution in [0.2, 0.25) is 0 Å². The van der Waals surface area contributed by atoms with Crippen LogP contribution in [0.25, 0.3) is 0 Å². The van der Waals surface area contributed by atoms with Crippen molar-refractivity contribution in [2.75, 3.05) is 0 Å². The fourth-order valence-electron chi connectivity index (χ4n) is 3.20. The van der Waals surface area contributed by atoms with Crippen LogP contribution in [0.1, 0.15) is 55.5 Å². The predicted octanol–water partition coefficient (Wildman–Crippen LogP) is 4.49. The second-order valence-electron chi connectivity index (χ2n) is 9.03. The summed E-state index contributed by atoms with van der Waals surface area (Å²) < 4.78 is 0. The highest BCUT2D eigenvalue weighted by Gasteiger charge is 2.28. The van der Waals surface area contributed by atoms with E-state index in [1.807, 2.05) is 77.9 Å². The maximum atomic E-state index is 13.3. The molecule has 2 aromatic carbocycles. The summed E-state index contributed by atoms with van der Waals surface area (Å²) in [4.78, 5) is 27.8. The highest BCUT2D eigenvalue weighted by atomic mass is 16.2. The fraction of sp³-hybridized carbons (Fsp3) is 0.440. The molecular formula is C25H34N2O2. The molecule has 4 nitrogen and oxygen atoms in total. The number of hydrogen-bond donors (Lipinski definition) is 1. The fourth-order valence-corrected chi connectivity index (χ4v) is 3.20. The third-order valence-electron chi connectivity index (χ3n) is 4.99. The first-order valence-corrected chi connectivity index (χ1v) is 10.2. The van der Waals surface area contributed by atoms with Crippen molar-refractivity contribution in [2.45, 2.75) is 73.0 Å². The van der Waals surface area contributed by atoms with E-state index in [0.717, 1.165) is 22.3 Å². The minimum Gasteiger partial charge on any atom is -0.350 e. The highest BCUT2D eigenvalue weighted by Crippen LogP contribution is 2.17. The summed E-state index contributed by atoms with van der Waals surface area (Å²) in [6, 6.07) is 13.7. The molecule has 0 saturated heterocycles. The van der Waals surface area contributed by atoms with Crippen LogP contribution in [-0.2, 0) is 22.6 Å². The monoisotopic (exact) mass is 394 g/mol. The van der Waals surface area contributed by atoms with E-state index in [4.69, 9.17) is 0 Å². The Morgan fingerprint density at radius 2 is 1.55 bits per heavy atom. The van der Waals surface area contributed by atoms with Crippen molar-refractivity contribution < 1.29 is 9.59 Å². The quantitative estimate of drug-likeness (QED) is 0.785. The molecule has 156 valence electrons. The number of carbonyl (C=O) groups is 2. The third-order valence-corrected chi connectivity index (χ3v) is 4.99. The summed E-state index contributed by atoms with van der Waals surface area (Å²) in [6.07, 6.45) is 0.284. The standard InChI is InChI=1S/C25H34N2O2/c1-17-9-12-21(13-10-17)16-27(20(4)24(29)26-25(5,6)7)23(28)15-22-14-18(2)8-11-19(22)3/h8-14,20H,15-16H2,1-7H3,(H,26,29)/t20-/m0/s1. The minimum absolute atomic E-state index is 0.0455. The van der Waals surface area contributed by atoms with Gasteiger partial charge in [-0.2, -0.15) is 0 Å². The molecule has 0 aliphatic heterocycles. The van der Waals surface area contributed by atoms with Crippen molar-refractivity contribution in [3.63, 3.8) is 0 Å². The number of nitrogens with zero attached hydrogens (tertiary/aromatic N) is 1. The Bertz CT molecular complexity index is 863. The second kappa shape index (κ2) is 9.25. The van der Waals surface area contributed by atoms with Crippen LogP contribution >= 0.6 is 0 Å². The zero-order valence-corrected chi connectivity index (χ0v) is 18.8. The van der Waals surface area contributed by atoms with E-state index < -0.39 is 6.04 Å². The molecule has 0 aliphatic rings. The molecule has 0 radical (unpaired) electrons. The Labute approximate surface area is 175 Å². The van der Waals surface area contributed by atoms with Crippen molar-refractivity contribution in [3.8, 4) is 0 Å². The van der Waals surface area contributed by atoms with Crippen LogP contribution in [0, 0.1) is 20.8 Å². The Morgan fingerprint density at radius 1 is 0.966 bits per heavy atom. The van der Waals surface area contributed by atoms with Gasteiger partial charge >= 0.3 is 0 Å². The molecule has 0 heterocycles. The number of amides is 2. The SMILES string of the molecule is Cc1ccc(CN(C(=O)Cc2cc(C)ccc2C)[C@@H](C)C(=O)NC(C)(C)C)cc1. The van der Waals surface area contributed by atoms with Gasteiger partial charge in [-0.1, -0.05) is 53.6 Å². The molecule has 1 N–H and O–H groups in total. The zero-order valence-electron chi connectivity index (χ0n) is 18.8. The molecule has 0 fully saturated rings. The lowest BCUT2D eigenvalue weighted by atomic mass is 10.0. The van der Waals surface area contributed by atoms with Gasteiger partial charge in [0.1, 0.15) is 6.04 Å². The van der Waals surface area contributed by atoms with Gasteiger partial charge in [0, 0.05) is 12.1 Å². The summed E-state index contributed by atoms with van der Waals surface area (Å²) in [5.74, 6) is -0.185. The van der Waals surface area contributed by atoms with Crippen molar-refractivity contribution in [1.82, 2.24) is 10.2 Å². The van der Waals surface area contributed by atoms with E-state index in [0.29, 0.717) is 6.54 Å². The molecule has 0 saturated carbocycles. The van der Waals surface area contributed by atoms with Crippen LogP contribution in [0.5, 0.6) is 0 Å². The predicted molar refractivity (Wildman–Crippen MR) is 119 cm³/mol. The number of hydrogen-bond acceptors (Lipinski definition) is 2. The van der Waals surface area contributed by atoms with E-state index in [2.05, 4.69) is 11.4 Å². The maximum absolute atomic E-state index is 13.3. The molecular weight excluding hydrogens is 360 g/mol. The van der Waals surface area contributed by atoms with Gasteiger partial charge in [0.2, 0.25) is 11.8 Å². The van der Waals surface area contributed by atoms with Gasteiger partial charge in [-0.05, 0) is 65.2 Å². The lowest BCUT2D eigenvalue weighted by Gasteiger charge is -2.31. The van der Waals surface area contributed by atoms with Gasteiger partial charge in [0.05, 0.1) is 6.42 Å². The van der Waals surface area contributed by atoms with E-state index in [-0.39, 0.29) is 23.8 Å². The molecule has 0 spiro atoms. The van der Waals surface area contributed by atoms with Gasteiger partial charge in [0.15, 0.2) is 0 Å². The van der Waals surface area contributed by atoms with Crippen LogP contribution < -0.4 is 5.32 Å². The van der Waals surface area contributed by atoms with E-state index in [1.54, 1.807) is 11.8 Å². The molecule has 2 aromatic rings. The van der Waals surface area contributed by atoms with Crippen molar-refractivity contribution in [1.29, 1.82) is 0 Å². The van der Waals surface area contributed by atoms with Gasteiger partial charge in [0.25, 0.3) is 0 Å². The average molecular weight is 395 g/mol. The van der Waals surface area contributed by atoms with Crippen molar-refractivity contribution in [2.24, 2.45) is 0 Å². The van der Waals surface area contributed by atoms with Crippen LogP contribution in [0.4, 0.5) is 0 Å². The number of nitrogens with one attached hydrogen (secondary N) is 1. The lowest BCUT2D eigenvalue weighted by Crippen LogP contribution is -2.52. The Morgan fingerprint density at radius 3 is 2.14 bits per heavy atom.